The summed E-state index contributed by atoms with van der Waals surface area (Å²) in [6, 6.07) is 3.61. The first-order valence-electron chi connectivity index (χ1n) is 6.03. The number of nitrogens with zero attached hydrogens (tertiary/aromatic N) is 2. The zero-order valence-corrected chi connectivity index (χ0v) is 10.3. The Morgan fingerprint density at radius 2 is 2.28 bits per heavy atom. The number of hydrogen-bond acceptors (Lipinski definition) is 3. The van der Waals surface area contributed by atoms with Crippen molar-refractivity contribution in [2.24, 2.45) is 5.92 Å². The van der Waals surface area contributed by atoms with Gasteiger partial charge in [-0.1, -0.05) is 6.07 Å². The molecule has 1 aromatic heterocycles. The van der Waals surface area contributed by atoms with Gasteiger partial charge in [-0.25, -0.2) is 0 Å². The number of carboxylic acids is 1. The molecule has 2 heterocycles. The summed E-state index contributed by atoms with van der Waals surface area (Å²) in [6.45, 7) is 2.72. The quantitative estimate of drug-likeness (QED) is 0.857. The van der Waals surface area contributed by atoms with E-state index in [4.69, 9.17) is 5.11 Å². The number of carbonyl (C=O) groups is 2. The molecule has 0 aromatic carbocycles. The van der Waals surface area contributed by atoms with Crippen molar-refractivity contribution in [3.63, 3.8) is 0 Å². The summed E-state index contributed by atoms with van der Waals surface area (Å²) in [4.78, 5) is 28.9. The fourth-order valence-electron chi connectivity index (χ4n) is 2.22. The number of aliphatic carboxylic acids is 1. The highest BCUT2D eigenvalue weighted by atomic mass is 16.4. The van der Waals surface area contributed by atoms with Crippen LogP contribution in [-0.4, -0.2) is 40.0 Å². The molecule has 0 spiro atoms. The van der Waals surface area contributed by atoms with Crippen molar-refractivity contribution in [3.8, 4) is 0 Å². The van der Waals surface area contributed by atoms with Gasteiger partial charge >= 0.3 is 5.97 Å². The van der Waals surface area contributed by atoms with Gasteiger partial charge in [0.15, 0.2) is 0 Å². The van der Waals surface area contributed by atoms with Crippen LogP contribution in [0.4, 0.5) is 0 Å². The second-order valence-corrected chi connectivity index (χ2v) is 4.60. The molecule has 18 heavy (non-hydrogen) atoms. The molecule has 1 fully saturated rings. The molecule has 0 saturated carbocycles. The number of carbonyl (C=O) groups excluding carboxylic acids is 1. The predicted octanol–water partition coefficient (Wildman–Crippen LogP) is 1.33. The van der Waals surface area contributed by atoms with E-state index in [1.807, 2.05) is 13.0 Å². The molecule has 1 aliphatic rings. The van der Waals surface area contributed by atoms with Gasteiger partial charge in [-0.2, -0.15) is 0 Å². The normalized spacial score (nSPS) is 19.6. The van der Waals surface area contributed by atoms with E-state index in [2.05, 4.69) is 4.98 Å². The maximum absolute atomic E-state index is 12.3. The third-order valence-electron chi connectivity index (χ3n) is 3.27. The number of pyridine rings is 1. The fourth-order valence-corrected chi connectivity index (χ4v) is 2.22. The van der Waals surface area contributed by atoms with Crippen LogP contribution < -0.4 is 0 Å². The summed E-state index contributed by atoms with van der Waals surface area (Å²) in [6.07, 6.45) is 2.95. The zero-order chi connectivity index (χ0) is 13.1. The standard InChI is InChI=1S/C13H16N2O3/c1-9-4-2-6-14-11(9)12(16)15-7-3-5-10(8-15)13(17)18/h2,4,6,10H,3,5,7-8H2,1H3,(H,17,18)/t10-/m0/s1. The highest BCUT2D eigenvalue weighted by molar-refractivity contribution is 5.94. The van der Waals surface area contributed by atoms with E-state index in [0.29, 0.717) is 18.7 Å². The third-order valence-corrected chi connectivity index (χ3v) is 3.27. The van der Waals surface area contributed by atoms with Crippen molar-refractivity contribution in [1.82, 2.24) is 9.88 Å². The van der Waals surface area contributed by atoms with E-state index in [1.54, 1.807) is 17.2 Å². The van der Waals surface area contributed by atoms with E-state index < -0.39 is 11.9 Å². The molecule has 1 amide bonds. The number of aryl methyl sites for hydroxylation is 1. The second-order valence-electron chi connectivity index (χ2n) is 4.60. The SMILES string of the molecule is Cc1cccnc1C(=O)N1CCC[C@H](C(=O)O)C1. The molecule has 0 unspecified atom stereocenters. The summed E-state index contributed by atoms with van der Waals surface area (Å²) < 4.78 is 0. The Hall–Kier alpha value is -1.91. The molecule has 0 aliphatic carbocycles. The summed E-state index contributed by atoms with van der Waals surface area (Å²) in [5.74, 6) is -1.45. The van der Waals surface area contributed by atoms with Gasteiger partial charge in [0.2, 0.25) is 0 Å². The van der Waals surface area contributed by atoms with Gasteiger partial charge in [0.25, 0.3) is 5.91 Å². The lowest BCUT2D eigenvalue weighted by atomic mass is 9.98. The molecule has 0 radical (unpaired) electrons. The van der Waals surface area contributed by atoms with Gasteiger partial charge in [0, 0.05) is 19.3 Å². The zero-order valence-electron chi connectivity index (χ0n) is 10.3. The highest BCUT2D eigenvalue weighted by Crippen LogP contribution is 2.19. The third kappa shape index (κ3) is 2.50. The van der Waals surface area contributed by atoms with Crippen LogP contribution in [0.3, 0.4) is 0 Å². The Bertz CT molecular complexity index is 473. The number of rotatable bonds is 2. The lowest BCUT2D eigenvalue weighted by Gasteiger charge is -2.30. The van der Waals surface area contributed by atoms with Crippen LogP contribution in [0.15, 0.2) is 18.3 Å². The van der Waals surface area contributed by atoms with E-state index in [9.17, 15) is 9.59 Å². The predicted molar refractivity (Wildman–Crippen MR) is 65.2 cm³/mol. The molecule has 5 nitrogen and oxygen atoms in total. The number of hydrogen-bond donors (Lipinski definition) is 1. The Morgan fingerprint density at radius 1 is 1.50 bits per heavy atom. The second kappa shape index (κ2) is 5.16. The van der Waals surface area contributed by atoms with Gasteiger partial charge in [0.05, 0.1) is 5.92 Å². The van der Waals surface area contributed by atoms with Crippen molar-refractivity contribution in [2.45, 2.75) is 19.8 Å². The van der Waals surface area contributed by atoms with Gasteiger partial charge in [-0.15, -0.1) is 0 Å². The first-order chi connectivity index (χ1) is 8.59. The summed E-state index contributed by atoms with van der Waals surface area (Å²) in [7, 11) is 0. The van der Waals surface area contributed by atoms with Crippen LogP contribution in [-0.2, 0) is 4.79 Å². The molecule has 2 rings (SSSR count). The maximum Gasteiger partial charge on any atom is 0.308 e. The van der Waals surface area contributed by atoms with Crippen LogP contribution in [0.5, 0.6) is 0 Å². The average Bonchev–Trinajstić information content (AvgIpc) is 2.38. The molecule has 96 valence electrons. The number of aromatic nitrogens is 1. The van der Waals surface area contributed by atoms with Crippen LogP contribution in [0.2, 0.25) is 0 Å². The minimum Gasteiger partial charge on any atom is -0.481 e. The Morgan fingerprint density at radius 3 is 2.94 bits per heavy atom. The smallest absolute Gasteiger partial charge is 0.308 e. The molecule has 1 saturated heterocycles. The van der Waals surface area contributed by atoms with E-state index >= 15 is 0 Å². The largest absolute Gasteiger partial charge is 0.481 e. The van der Waals surface area contributed by atoms with Crippen molar-refractivity contribution in [3.05, 3.63) is 29.6 Å². The molecule has 1 aromatic rings. The Kier molecular flexibility index (Phi) is 3.60. The first kappa shape index (κ1) is 12.5. The van der Waals surface area contributed by atoms with Crippen LogP contribution in [0.1, 0.15) is 28.9 Å². The molecule has 1 aliphatic heterocycles. The van der Waals surface area contributed by atoms with Crippen LogP contribution in [0.25, 0.3) is 0 Å². The Balaban J connectivity index is 2.14. The first-order valence-corrected chi connectivity index (χ1v) is 6.03. The lowest BCUT2D eigenvalue weighted by Crippen LogP contribution is -2.42. The van der Waals surface area contributed by atoms with Gasteiger partial charge in [-0.3, -0.25) is 14.6 Å². The van der Waals surface area contributed by atoms with E-state index in [1.165, 1.54) is 0 Å². The summed E-state index contributed by atoms with van der Waals surface area (Å²) >= 11 is 0. The number of carboxylic acid groups (broad SMARTS) is 1. The number of amides is 1. The highest BCUT2D eigenvalue weighted by Gasteiger charge is 2.29. The molecular formula is C13H16N2O3. The van der Waals surface area contributed by atoms with Crippen LogP contribution >= 0.6 is 0 Å². The summed E-state index contributed by atoms with van der Waals surface area (Å²) in [5.41, 5.74) is 1.24. The van der Waals surface area contributed by atoms with Crippen molar-refractivity contribution in [1.29, 1.82) is 0 Å². The van der Waals surface area contributed by atoms with Gasteiger partial charge < -0.3 is 10.0 Å². The summed E-state index contributed by atoms with van der Waals surface area (Å²) in [5, 5.41) is 9.01. The van der Waals surface area contributed by atoms with Crippen LogP contribution in [0, 0.1) is 12.8 Å². The van der Waals surface area contributed by atoms with Crippen molar-refractivity contribution in [2.75, 3.05) is 13.1 Å². The molecule has 5 heteroatoms. The molecule has 1 atom stereocenters. The number of likely N-dealkylation sites (tertiary alicyclic amines) is 1. The minimum atomic E-state index is -0.828. The van der Waals surface area contributed by atoms with Gasteiger partial charge in [-0.05, 0) is 31.4 Å². The van der Waals surface area contributed by atoms with E-state index in [-0.39, 0.29) is 12.5 Å². The average molecular weight is 248 g/mol. The Labute approximate surface area is 105 Å². The fraction of sp³-hybridized carbons (Fsp3) is 0.462. The van der Waals surface area contributed by atoms with Crippen molar-refractivity contribution < 1.29 is 14.7 Å². The topological polar surface area (TPSA) is 70.5 Å². The minimum absolute atomic E-state index is 0.168. The monoisotopic (exact) mass is 248 g/mol. The van der Waals surface area contributed by atoms with Gasteiger partial charge in [0.1, 0.15) is 5.69 Å². The molecule has 0 bridgehead atoms. The number of piperidine rings is 1. The van der Waals surface area contributed by atoms with Crippen molar-refractivity contribution >= 4 is 11.9 Å². The maximum atomic E-state index is 12.3. The van der Waals surface area contributed by atoms with E-state index in [0.717, 1.165) is 12.0 Å². The lowest BCUT2D eigenvalue weighted by molar-refractivity contribution is -0.143. The molecular weight excluding hydrogens is 232 g/mol. The molecule has 1 N–H and O–H groups in total.